The zero-order chi connectivity index (χ0) is 38.9. The number of rotatable bonds is 6. The Morgan fingerprint density at radius 1 is 0.356 bits per heavy atom. The Hall–Kier alpha value is -7.88. The second-order valence-electron chi connectivity index (χ2n) is 15.3. The summed E-state index contributed by atoms with van der Waals surface area (Å²) in [5.74, 6) is 0. The summed E-state index contributed by atoms with van der Waals surface area (Å²) >= 11 is 0. The number of benzene rings is 10. The lowest BCUT2D eigenvalue weighted by Gasteiger charge is -2.26. The van der Waals surface area contributed by atoms with E-state index >= 15 is 0 Å². The maximum Gasteiger partial charge on any atom is 0.159 e. The minimum absolute atomic E-state index is 0.865. The molecule has 0 atom stereocenters. The molecule has 0 fully saturated rings. The van der Waals surface area contributed by atoms with E-state index in [0.29, 0.717) is 0 Å². The van der Waals surface area contributed by atoms with Crippen molar-refractivity contribution in [2.45, 2.75) is 0 Å². The molecule has 3 nitrogen and oxygen atoms in total. The molecule has 12 aromatic rings. The highest BCUT2D eigenvalue weighted by atomic mass is 16.3. The van der Waals surface area contributed by atoms with Crippen LogP contribution in [0.5, 0.6) is 0 Å². The minimum Gasteiger partial charge on any atom is -0.454 e. The van der Waals surface area contributed by atoms with Gasteiger partial charge >= 0.3 is 0 Å². The van der Waals surface area contributed by atoms with E-state index in [9.17, 15) is 0 Å². The van der Waals surface area contributed by atoms with Crippen LogP contribution in [0.15, 0.2) is 223 Å². The molecule has 12 rings (SSSR count). The molecule has 0 unspecified atom stereocenters. The van der Waals surface area contributed by atoms with Gasteiger partial charge in [-0.05, 0) is 93.0 Å². The standard InChI is InChI=1S/C56H36N2O/c1-3-14-45-39(11-1)13-9-18-46(45)41-27-34-43(35-28-41)57(53-21-10-19-51-49-17-6-8-22-54(49)59-56(51)53)42-30-23-37(24-31-42)38-25-32-44(33-26-38)58-52-20-7-5-16-48(52)50-36-29-40-12-2-4-15-47(40)55(50)58/h1-36H. The van der Waals surface area contributed by atoms with Gasteiger partial charge in [0, 0.05) is 44.0 Å². The van der Waals surface area contributed by atoms with Crippen molar-refractivity contribution in [3.8, 4) is 27.9 Å². The van der Waals surface area contributed by atoms with E-state index in [1.165, 1.54) is 54.5 Å². The average Bonchev–Trinajstić information content (AvgIpc) is 3.86. The predicted octanol–water partition coefficient (Wildman–Crippen LogP) is 15.8. The molecule has 276 valence electrons. The fraction of sp³-hybridized carbons (Fsp3) is 0. The third-order valence-corrected chi connectivity index (χ3v) is 12.0. The van der Waals surface area contributed by atoms with Crippen LogP contribution in [-0.4, -0.2) is 4.57 Å². The Balaban J connectivity index is 0.948. The van der Waals surface area contributed by atoms with Crippen molar-refractivity contribution in [2.24, 2.45) is 0 Å². The molecule has 2 heterocycles. The van der Waals surface area contributed by atoms with Crippen molar-refractivity contribution < 1.29 is 4.42 Å². The van der Waals surface area contributed by atoms with Crippen molar-refractivity contribution >= 4 is 82.4 Å². The fourth-order valence-corrected chi connectivity index (χ4v) is 9.21. The summed E-state index contributed by atoms with van der Waals surface area (Å²) < 4.78 is 9.04. The number of hydrogen-bond donors (Lipinski definition) is 0. The number of hydrogen-bond acceptors (Lipinski definition) is 2. The van der Waals surface area contributed by atoms with Crippen molar-refractivity contribution in [3.63, 3.8) is 0 Å². The highest BCUT2D eigenvalue weighted by Crippen LogP contribution is 2.43. The lowest BCUT2D eigenvalue weighted by molar-refractivity contribution is 0.669. The number of fused-ring (bicyclic) bond motifs is 9. The largest absolute Gasteiger partial charge is 0.454 e. The maximum atomic E-state index is 6.62. The molecular formula is C56H36N2O. The van der Waals surface area contributed by atoms with Gasteiger partial charge in [0.25, 0.3) is 0 Å². The lowest BCUT2D eigenvalue weighted by atomic mass is 9.98. The van der Waals surface area contributed by atoms with E-state index in [1.807, 2.05) is 12.1 Å². The third-order valence-electron chi connectivity index (χ3n) is 12.0. The van der Waals surface area contributed by atoms with Crippen molar-refractivity contribution in [2.75, 3.05) is 4.90 Å². The van der Waals surface area contributed by atoms with Gasteiger partial charge in [0.1, 0.15) is 5.58 Å². The van der Waals surface area contributed by atoms with Gasteiger partial charge in [0.05, 0.1) is 16.7 Å². The first kappa shape index (κ1) is 33.3. The molecule has 0 N–H and O–H groups in total. The summed E-state index contributed by atoms with van der Waals surface area (Å²) in [6, 6.07) is 78.6. The van der Waals surface area contributed by atoms with Crippen LogP contribution < -0.4 is 4.90 Å². The molecule has 0 saturated heterocycles. The molecule has 0 aliphatic rings. The highest BCUT2D eigenvalue weighted by molar-refractivity contribution is 6.18. The Bertz CT molecular complexity index is 3530. The summed E-state index contributed by atoms with van der Waals surface area (Å²) in [7, 11) is 0. The first-order valence-electron chi connectivity index (χ1n) is 20.2. The van der Waals surface area contributed by atoms with E-state index < -0.39 is 0 Å². The van der Waals surface area contributed by atoms with E-state index in [-0.39, 0.29) is 0 Å². The number of furan rings is 1. The number of aromatic nitrogens is 1. The fourth-order valence-electron chi connectivity index (χ4n) is 9.21. The molecule has 0 bridgehead atoms. The average molecular weight is 753 g/mol. The summed E-state index contributed by atoms with van der Waals surface area (Å²) in [5.41, 5.74) is 13.2. The summed E-state index contributed by atoms with van der Waals surface area (Å²) in [5, 5.41) is 9.73. The Morgan fingerprint density at radius 2 is 0.915 bits per heavy atom. The van der Waals surface area contributed by atoms with Crippen molar-refractivity contribution in [3.05, 3.63) is 218 Å². The van der Waals surface area contributed by atoms with Crippen LogP contribution in [0.3, 0.4) is 0 Å². The first-order valence-corrected chi connectivity index (χ1v) is 20.2. The normalized spacial score (nSPS) is 11.7. The van der Waals surface area contributed by atoms with Gasteiger partial charge in [-0.3, -0.25) is 0 Å². The monoisotopic (exact) mass is 752 g/mol. The van der Waals surface area contributed by atoms with Crippen molar-refractivity contribution in [1.29, 1.82) is 0 Å². The van der Waals surface area contributed by atoms with Gasteiger partial charge in [-0.2, -0.15) is 0 Å². The van der Waals surface area contributed by atoms with Gasteiger partial charge < -0.3 is 13.9 Å². The predicted molar refractivity (Wildman–Crippen MR) is 249 cm³/mol. The maximum absolute atomic E-state index is 6.62. The zero-order valence-electron chi connectivity index (χ0n) is 32.1. The zero-order valence-corrected chi connectivity index (χ0v) is 32.1. The molecule has 0 saturated carbocycles. The molecule has 0 aliphatic heterocycles. The van der Waals surface area contributed by atoms with E-state index in [1.54, 1.807) is 0 Å². The Kier molecular flexibility index (Phi) is 7.54. The summed E-state index contributed by atoms with van der Waals surface area (Å²) in [6.07, 6.45) is 0. The van der Waals surface area contributed by atoms with Crippen LogP contribution in [0.4, 0.5) is 17.1 Å². The van der Waals surface area contributed by atoms with E-state index in [2.05, 4.69) is 216 Å². The SMILES string of the molecule is c1ccc2c(-c3ccc(N(c4ccc(-c5ccc(-n6c7ccccc7c7ccc8ccccc8c76)cc5)cc4)c4cccc5c4oc4ccccc45)cc3)cccc2c1. The molecular weight excluding hydrogens is 717 g/mol. The summed E-state index contributed by atoms with van der Waals surface area (Å²) in [6.45, 7) is 0. The molecule has 2 aromatic heterocycles. The number of nitrogens with zero attached hydrogens (tertiary/aromatic N) is 2. The topological polar surface area (TPSA) is 21.3 Å². The lowest BCUT2D eigenvalue weighted by Crippen LogP contribution is -2.10. The van der Waals surface area contributed by atoms with Gasteiger partial charge in [0.15, 0.2) is 5.58 Å². The molecule has 0 amide bonds. The highest BCUT2D eigenvalue weighted by Gasteiger charge is 2.20. The van der Waals surface area contributed by atoms with Gasteiger partial charge in [-0.25, -0.2) is 0 Å². The van der Waals surface area contributed by atoms with E-state index in [0.717, 1.165) is 55.8 Å². The van der Waals surface area contributed by atoms with Gasteiger partial charge in [-0.15, -0.1) is 0 Å². The van der Waals surface area contributed by atoms with Crippen LogP contribution in [0.1, 0.15) is 0 Å². The van der Waals surface area contributed by atoms with Gasteiger partial charge in [0.2, 0.25) is 0 Å². The molecule has 0 radical (unpaired) electrons. The number of para-hydroxylation sites is 3. The van der Waals surface area contributed by atoms with E-state index in [4.69, 9.17) is 4.42 Å². The van der Waals surface area contributed by atoms with Crippen LogP contribution >= 0.6 is 0 Å². The van der Waals surface area contributed by atoms with Crippen LogP contribution in [0.2, 0.25) is 0 Å². The van der Waals surface area contributed by atoms with Crippen LogP contribution in [0, 0.1) is 0 Å². The molecule has 10 aromatic carbocycles. The Labute approximate surface area is 341 Å². The summed E-state index contributed by atoms with van der Waals surface area (Å²) in [4.78, 5) is 2.32. The molecule has 59 heavy (non-hydrogen) atoms. The van der Waals surface area contributed by atoms with Crippen LogP contribution in [0.25, 0.3) is 93.2 Å². The Morgan fingerprint density at radius 3 is 1.68 bits per heavy atom. The first-order chi connectivity index (χ1) is 29.3. The third kappa shape index (κ3) is 5.36. The molecule has 0 aliphatic carbocycles. The van der Waals surface area contributed by atoms with Crippen molar-refractivity contribution in [1.82, 2.24) is 4.57 Å². The van der Waals surface area contributed by atoms with Gasteiger partial charge in [-0.1, -0.05) is 164 Å². The second kappa shape index (κ2) is 13.4. The quantitative estimate of drug-likeness (QED) is 0.169. The minimum atomic E-state index is 0.865. The second-order valence-corrected chi connectivity index (χ2v) is 15.3. The number of anilines is 3. The molecule has 3 heteroatoms. The molecule has 0 spiro atoms. The van der Waals surface area contributed by atoms with Crippen LogP contribution in [-0.2, 0) is 0 Å². The smallest absolute Gasteiger partial charge is 0.159 e.